The lowest BCUT2D eigenvalue weighted by Gasteiger charge is -2.18. The second-order valence-corrected chi connectivity index (χ2v) is 3.62. The highest BCUT2D eigenvalue weighted by Gasteiger charge is 2.65. The van der Waals surface area contributed by atoms with Gasteiger partial charge in [-0.2, -0.15) is 13.2 Å². The van der Waals surface area contributed by atoms with Crippen molar-refractivity contribution < 1.29 is 22.6 Å². The Bertz CT molecular complexity index is 231. The maximum atomic E-state index is 12.5. The molecule has 0 aliphatic carbocycles. The Morgan fingerprint density at radius 1 is 1.53 bits per heavy atom. The fraction of sp³-hybridized carbons (Fsp3) is 0.800. The topological polar surface area (TPSA) is 21.8 Å². The van der Waals surface area contributed by atoms with Gasteiger partial charge in [-0.05, 0) is 19.8 Å². The van der Waals surface area contributed by atoms with E-state index in [-0.39, 0.29) is 19.1 Å². The Morgan fingerprint density at radius 2 is 2.13 bits per heavy atom. The molecule has 1 fully saturated rings. The van der Waals surface area contributed by atoms with Crippen LogP contribution in [0, 0.1) is 0 Å². The van der Waals surface area contributed by atoms with Gasteiger partial charge in [0.05, 0.1) is 12.7 Å². The van der Waals surface area contributed by atoms with E-state index >= 15 is 0 Å². The zero-order valence-electron chi connectivity index (χ0n) is 8.80. The van der Waals surface area contributed by atoms with Crippen molar-refractivity contribution in [3.63, 3.8) is 0 Å². The van der Waals surface area contributed by atoms with E-state index in [0.717, 1.165) is 0 Å². The molecule has 5 heteroatoms. The van der Waals surface area contributed by atoms with Crippen LogP contribution in [0.25, 0.3) is 0 Å². The van der Waals surface area contributed by atoms with Crippen molar-refractivity contribution in [2.45, 2.75) is 37.6 Å². The van der Waals surface area contributed by atoms with Crippen molar-refractivity contribution >= 4 is 0 Å². The number of epoxide rings is 1. The number of hydrogen-bond donors (Lipinski definition) is 0. The van der Waals surface area contributed by atoms with Gasteiger partial charge in [0.2, 0.25) is 0 Å². The molecule has 0 saturated carbocycles. The van der Waals surface area contributed by atoms with Gasteiger partial charge in [0.25, 0.3) is 0 Å². The maximum absolute atomic E-state index is 12.5. The smallest absolute Gasteiger partial charge is 0.377 e. The van der Waals surface area contributed by atoms with Crippen LogP contribution in [-0.4, -0.2) is 31.6 Å². The van der Waals surface area contributed by atoms with Crippen LogP contribution in [0.15, 0.2) is 12.2 Å². The second kappa shape index (κ2) is 4.53. The van der Waals surface area contributed by atoms with Gasteiger partial charge < -0.3 is 9.47 Å². The largest absolute Gasteiger partial charge is 0.419 e. The molecule has 2 atom stereocenters. The third kappa shape index (κ3) is 2.95. The molecule has 88 valence electrons. The lowest BCUT2D eigenvalue weighted by atomic mass is 10.0. The van der Waals surface area contributed by atoms with Crippen molar-refractivity contribution in [1.29, 1.82) is 0 Å². The van der Waals surface area contributed by atoms with Crippen LogP contribution in [-0.2, 0) is 9.47 Å². The van der Waals surface area contributed by atoms with E-state index in [2.05, 4.69) is 4.74 Å². The molecule has 2 nitrogen and oxygen atoms in total. The molecule has 1 rings (SSSR count). The van der Waals surface area contributed by atoms with Crippen LogP contribution >= 0.6 is 0 Å². The molecular formula is C10H15F3O2. The minimum absolute atomic E-state index is 0.0423. The number of ether oxygens (including phenoxy) is 2. The lowest BCUT2D eigenvalue weighted by molar-refractivity contribution is -0.186. The van der Waals surface area contributed by atoms with E-state index in [1.54, 1.807) is 19.1 Å². The summed E-state index contributed by atoms with van der Waals surface area (Å²) < 4.78 is 46.9. The van der Waals surface area contributed by atoms with E-state index in [1.807, 2.05) is 0 Å². The van der Waals surface area contributed by atoms with Crippen molar-refractivity contribution in [2.75, 3.05) is 13.7 Å². The number of rotatable bonds is 5. The number of allylic oxidation sites excluding steroid dienone is 1. The summed E-state index contributed by atoms with van der Waals surface area (Å²) in [6.07, 6.45) is -0.742. The predicted octanol–water partition coefficient (Wildman–Crippen LogP) is 2.69. The molecule has 0 radical (unpaired) electrons. The number of halogens is 3. The van der Waals surface area contributed by atoms with Crippen molar-refractivity contribution in [2.24, 2.45) is 0 Å². The van der Waals surface area contributed by atoms with Crippen molar-refractivity contribution in [3.05, 3.63) is 12.2 Å². The quantitative estimate of drug-likeness (QED) is 0.529. The van der Waals surface area contributed by atoms with Gasteiger partial charge in [-0.3, -0.25) is 0 Å². The van der Waals surface area contributed by atoms with Crippen molar-refractivity contribution in [3.8, 4) is 0 Å². The summed E-state index contributed by atoms with van der Waals surface area (Å²) in [6.45, 7) is 1.59. The molecule has 1 heterocycles. The number of hydrogen-bond acceptors (Lipinski definition) is 2. The summed E-state index contributed by atoms with van der Waals surface area (Å²) in [4.78, 5) is 0. The normalized spacial score (nSPS) is 28.3. The first-order valence-corrected chi connectivity index (χ1v) is 4.81. The first-order chi connectivity index (χ1) is 6.95. The van der Waals surface area contributed by atoms with E-state index in [4.69, 9.17) is 4.74 Å². The summed E-state index contributed by atoms with van der Waals surface area (Å²) in [6, 6.07) is 0. The monoisotopic (exact) mass is 224 g/mol. The summed E-state index contributed by atoms with van der Waals surface area (Å²) in [7, 11) is 1.48. The third-order valence-electron chi connectivity index (χ3n) is 2.55. The van der Waals surface area contributed by atoms with Gasteiger partial charge >= 0.3 is 6.18 Å². The van der Waals surface area contributed by atoms with Gasteiger partial charge in [0.1, 0.15) is 0 Å². The highest BCUT2D eigenvalue weighted by Crippen LogP contribution is 2.47. The van der Waals surface area contributed by atoms with Gasteiger partial charge in [0.15, 0.2) is 5.60 Å². The Labute approximate surface area is 87.1 Å². The highest BCUT2D eigenvalue weighted by molar-refractivity contribution is 5.00. The van der Waals surface area contributed by atoms with E-state index < -0.39 is 11.8 Å². The molecule has 0 aromatic rings. The van der Waals surface area contributed by atoms with Crippen LogP contribution in [0.4, 0.5) is 13.2 Å². The number of methoxy groups -OCH3 is 1. The molecular weight excluding hydrogens is 209 g/mol. The standard InChI is InChI=1S/C10H15F3O2/c1-3-4-8(14-2)5-6-9(7-15-9)10(11,12)13/h3-4,8H,5-7H2,1-2H3. The van der Waals surface area contributed by atoms with Crippen LogP contribution in [0.5, 0.6) is 0 Å². The van der Waals surface area contributed by atoms with Gasteiger partial charge in [-0.1, -0.05) is 12.2 Å². The van der Waals surface area contributed by atoms with Gasteiger partial charge in [0, 0.05) is 7.11 Å². The Hall–Kier alpha value is -0.550. The molecule has 1 aliphatic rings. The fourth-order valence-corrected chi connectivity index (χ4v) is 1.42. The van der Waals surface area contributed by atoms with Crippen LogP contribution in [0.1, 0.15) is 19.8 Å². The maximum Gasteiger partial charge on any atom is 0.419 e. The summed E-state index contributed by atoms with van der Waals surface area (Å²) in [5.74, 6) is 0. The average Bonchev–Trinajstić information content (AvgIpc) is 2.92. The average molecular weight is 224 g/mol. The highest BCUT2D eigenvalue weighted by atomic mass is 19.4. The SMILES string of the molecule is CC=CC(CCC1(C(F)(F)F)CO1)OC. The van der Waals surface area contributed by atoms with Crippen LogP contribution in [0.2, 0.25) is 0 Å². The predicted molar refractivity (Wildman–Crippen MR) is 49.6 cm³/mol. The van der Waals surface area contributed by atoms with E-state index in [9.17, 15) is 13.2 Å². The van der Waals surface area contributed by atoms with Gasteiger partial charge in [-0.25, -0.2) is 0 Å². The summed E-state index contributed by atoms with van der Waals surface area (Å²) in [5, 5.41) is 0. The molecule has 1 aliphatic heterocycles. The molecule has 1 saturated heterocycles. The first-order valence-electron chi connectivity index (χ1n) is 4.81. The second-order valence-electron chi connectivity index (χ2n) is 3.62. The lowest BCUT2D eigenvalue weighted by Crippen LogP contribution is -2.33. The van der Waals surface area contributed by atoms with E-state index in [1.165, 1.54) is 7.11 Å². The minimum Gasteiger partial charge on any atom is -0.377 e. The minimum atomic E-state index is -4.26. The summed E-state index contributed by atoms with van der Waals surface area (Å²) in [5.41, 5.74) is -1.90. The molecule has 0 aromatic carbocycles. The van der Waals surface area contributed by atoms with Crippen molar-refractivity contribution in [1.82, 2.24) is 0 Å². The zero-order chi connectivity index (χ0) is 11.5. The zero-order valence-corrected chi connectivity index (χ0v) is 8.80. The molecule has 0 bridgehead atoms. The first kappa shape index (κ1) is 12.5. The Kier molecular flexibility index (Phi) is 3.78. The van der Waals surface area contributed by atoms with E-state index in [0.29, 0.717) is 6.42 Å². The molecule has 0 amide bonds. The molecule has 15 heavy (non-hydrogen) atoms. The fourth-order valence-electron chi connectivity index (χ4n) is 1.42. The molecule has 0 spiro atoms. The summed E-state index contributed by atoms with van der Waals surface area (Å²) >= 11 is 0. The molecule has 0 aromatic heterocycles. The Balaban J connectivity index is 2.43. The molecule has 2 unspecified atom stereocenters. The molecule has 0 N–H and O–H groups in total. The van der Waals surface area contributed by atoms with Gasteiger partial charge in [-0.15, -0.1) is 0 Å². The van der Waals surface area contributed by atoms with Crippen LogP contribution in [0.3, 0.4) is 0 Å². The van der Waals surface area contributed by atoms with Crippen LogP contribution < -0.4 is 0 Å². The number of alkyl halides is 3. The Morgan fingerprint density at radius 3 is 2.47 bits per heavy atom. The third-order valence-corrected chi connectivity index (χ3v) is 2.55.